The SMILES string of the molecule is Cc1cccc(NC(=O)Cn2c(CN(C)C)nc3sc4c(c3c2=O)CCCC4)c1C. The van der Waals surface area contributed by atoms with Crippen molar-refractivity contribution < 1.29 is 4.79 Å². The molecule has 0 bridgehead atoms. The molecule has 4 rings (SSSR count). The Morgan fingerprint density at radius 1 is 1.23 bits per heavy atom. The number of hydrogen-bond donors (Lipinski definition) is 1. The molecule has 1 aliphatic rings. The van der Waals surface area contributed by atoms with Crippen molar-refractivity contribution in [2.24, 2.45) is 0 Å². The number of amides is 1. The lowest BCUT2D eigenvalue weighted by atomic mass is 9.97. The van der Waals surface area contributed by atoms with E-state index in [9.17, 15) is 9.59 Å². The van der Waals surface area contributed by atoms with Crippen molar-refractivity contribution in [2.75, 3.05) is 19.4 Å². The average Bonchev–Trinajstić information content (AvgIpc) is 3.06. The third-order valence-corrected chi connectivity index (χ3v) is 6.98. The minimum atomic E-state index is -0.212. The lowest BCUT2D eigenvalue weighted by Gasteiger charge is -2.17. The highest BCUT2D eigenvalue weighted by Gasteiger charge is 2.23. The molecule has 0 fully saturated rings. The summed E-state index contributed by atoms with van der Waals surface area (Å²) in [6.45, 7) is 4.47. The summed E-state index contributed by atoms with van der Waals surface area (Å²) >= 11 is 1.65. The van der Waals surface area contributed by atoms with Gasteiger partial charge in [-0.25, -0.2) is 4.98 Å². The summed E-state index contributed by atoms with van der Waals surface area (Å²) in [5.74, 6) is 0.420. The van der Waals surface area contributed by atoms with E-state index in [1.54, 1.807) is 15.9 Å². The number of fused-ring (bicyclic) bond motifs is 3. The quantitative estimate of drug-likeness (QED) is 0.679. The van der Waals surface area contributed by atoms with E-state index >= 15 is 0 Å². The minimum Gasteiger partial charge on any atom is -0.324 e. The van der Waals surface area contributed by atoms with Crippen LogP contribution < -0.4 is 10.9 Å². The molecule has 2 aromatic heterocycles. The zero-order chi connectivity index (χ0) is 21.4. The Labute approximate surface area is 180 Å². The van der Waals surface area contributed by atoms with Crippen LogP contribution in [0.3, 0.4) is 0 Å². The molecule has 0 atom stereocenters. The largest absolute Gasteiger partial charge is 0.324 e. The van der Waals surface area contributed by atoms with E-state index in [4.69, 9.17) is 4.98 Å². The van der Waals surface area contributed by atoms with Gasteiger partial charge in [-0.15, -0.1) is 11.3 Å². The van der Waals surface area contributed by atoms with Gasteiger partial charge in [0.15, 0.2) is 0 Å². The number of carbonyl (C=O) groups excluding carboxylic acids is 1. The smallest absolute Gasteiger partial charge is 0.263 e. The molecule has 7 heteroatoms. The van der Waals surface area contributed by atoms with E-state index < -0.39 is 0 Å². The summed E-state index contributed by atoms with van der Waals surface area (Å²) < 4.78 is 1.56. The molecule has 2 heterocycles. The van der Waals surface area contributed by atoms with Crippen LogP contribution in [0.1, 0.15) is 40.2 Å². The summed E-state index contributed by atoms with van der Waals surface area (Å²) in [6.07, 6.45) is 4.21. The molecule has 0 radical (unpaired) electrons. The van der Waals surface area contributed by atoms with Crippen molar-refractivity contribution in [1.29, 1.82) is 0 Å². The highest BCUT2D eigenvalue weighted by molar-refractivity contribution is 7.18. The van der Waals surface area contributed by atoms with Gasteiger partial charge in [-0.2, -0.15) is 0 Å². The average molecular weight is 425 g/mol. The van der Waals surface area contributed by atoms with Gasteiger partial charge in [-0.3, -0.25) is 14.2 Å². The number of thiophene rings is 1. The van der Waals surface area contributed by atoms with Gasteiger partial charge in [0.1, 0.15) is 17.2 Å². The summed E-state index contributed by atoms with van der Waals surface area (Å²) in [5, 5.41) is 3.69. The Bertz CT molecular complexity index is 1180. The number of nitrogens with one attached hydrogen (secondary N) is 1. The lowest BCUT2D eigenvalue weighted by Crippen LogP contribution is -2.33. The maximum atomic E-state index is 13.5. The van der Waals surface area contributed by atoms with E-state index in [1.807, 2.05) is 51.0 Å². The van der Waals surface area contributed by atoms with Crippen molar-refractivity contribution in [3.05, 3.63) is 55.9 Å². The van der Waals surface area contributed by atoms with Crippen molar-refractivity contribution in [2.45, 2.75) is 52.6 Å². The van der Waals surface area contributed by atoms with Crippen LogP contribution in [0.25, 0.3) is 10.2 Å². The molecule has 1 N–H and O–H groups in total. The first kappa shape index (κ1) is 20.8. The zero-order valence-corrected chi connectivity index (χ0v) is 18.9. The Hall–Kier alpha value is -2.51. The summed E-state index contributed by atoms with van der Waals surface area (Å²) in [5.41, 5.74) is 3.99. The summed E-state index contributed by atoms with van der Waals surface area (Å²) in [7, 11) is 3.88. The molecule has 158 valence electrons. The normalized spacial score (nSPS) is 13.6. The molecule has 30 heavy (non-hydrogen) atoms. The topological polar surface area (TPSA) is 67.2 Å². The van der Waals surface area contributed by atoms with Gasteiger partial charge in [0.05, 0.1) is 11.9 Å². The fourth-order valence-corrected chi connectivity index (χ4v) is 5.34. The number of benzene rings is 1. The second-order valence-corrected chi connectivity index (χ2v) is 9.43. The molecule has 3 aromatic rings. The maximum Gasteiger partial charge on any atom is 0.263 e. The van der Waals surface area contributed by atoms with Crippen LogP contribution in [-0.2, 0) is 30.7 Å². The number of aryl methyl sites for hydroxylation is 3. The molecule has 6 nitrogen and oxygen atoms in total. The first-order chi connectivity index (χ1) is 14.3. The van der Waals surface area contributed by atoms with Gasteiger partial charge < -0.3 is 10.2 Å². The Morgan fingerprint density at radius 3 is 2.77 bits per heavy atom. The fourth-order valence-electron chi connectivity index (χ4n) is 4.07. The molecule has 0 spiro atoms. The monoisotopic (exact) mass is 424 g/mol. The van der Waals surface area contributed by atoms with Crippen molar-refractivity contribution >= 4 is 33.1 Å². The second-order valence-electron chi connectivity index (χ2n) is 8.34. The predicted octanol–water partition coefficient (Wildman–Crippen LogP) is 3.65. The van der Waals surface area contributed by atoms with E-state index in [1.165, 1.54) is 4.88 Å². The van der Waals surface area contributed by atoms with Crippen LogP contribution in [0.15, 0.2) is 23.0 Å². The standard InChI is InChI=1S/C23H28N4O2S/c1-14-8-7-10-17(15(14)2)24-20(28)13-27-19(12-26(3)4)25-22-21(23(27)29)16-9-5-6-11-18(16)30-22/h7-8,10H,5-6,9,11-13H2,1-4H3,(H,24,28). The van der Waals surface area contributed by atoms with Crippen molar-refractivity contribution in [1.82, 2.24) is 14.5 Å². The number of hydrogen-bond acceptors (Lipinski definition) is 5. The maximum absolute atomic E-state index is 13.5. The molecule has 1 aliphatic carbocycles. The van der Waals surface area contributed by atoms with E-state index in [0.29, 0.717) is 12.4 Å². The van der Waals surface area contributed by atoms with Crippen molar-refractivity contribution in [3.63, 3.8) is 0 Å². The number of rotatable bonds is 5. The van der Waals surface area contributed by atoms with Gasteiger partial charge in [0, 0.05) is 10.6 Å². The number of carbonyl (C=O) groups is 1. The Kier molecular flexibility index (Phi) is 5.75. The van der Waals surface area contributed by atoms with Crippen LogP contribution >= 0.6 is 11.3 Å². The summed E-state index contributed by atoms with van der Waals surface area (Å²) in [4.78, 5) is 35.3. The third-order valence-electron chi connectivity index (χ3n) is 5.79. The van der Waals surface area contributed by atoms with Crippen LogP contribution in [0, 0.1) is 13.8 Å². The van der Waals surface area contributed by atoms with Crippen LogP contribution in [-0.4, -0.2) is 34.5 Å². The van der Waals surface area contributed by atoms with Gasteiger partial charge in [-0.05, 0) is 76.4 Å². The Balaban J connectivity index is 1.74. The zero-order valence-electron chi connectivity index (χ0n) is 18.0. The number of nitrogens with zero attached hydrogens (tertiary/aromatic N) is 3. The molecule has 1 aromatic carbocycles. The van der Waals surface area contributed by atoms with E-state index in [0.717, 1.165) is 58.3 Å². The van der Waals surface area contributed by atoms with Gasteiger partial charge >= 0.3 is 0 Å². The number of anilines is 1. The fraction of sp³-hybridized carbons (Fsp3) is 0.435. The molecule has 1 amide bonds. The number of aromatic nitrogens is 2. The molecular weight excluding hydrogens is 396 g/mol. The van der Waals surface area contributed by atoms with E-state index in [-0.39, 0.29) is 18.0 Å². The van der Waals surface area contributed by atoms with Crippen LogP contribution in [0.4, 0.5) is 5.69 Å². The van der Waals surface area contributed by atoms with Crippen LogP contribution in [0.5, 0.6) is 0 Å². The minimum absolute atomic E-state index is 0.0387. The lowest BCUT2D eigenvalue weighted by molar-refractivity contribution is -0.116. The molecule has 0 unspecified atom stereocenters. The Morgan fingerprint density at radius 2 is 2.00 bits per heavy atom. The van der Waals surface area contributed by atoms with Gasteiger partial charge in [0.2, 0.25) is 5.91 Å². The second kappa shape index (κ2) is 8.32. The summed E-state index contributed by atoms with van der Waals surface area (Å²) in [6, 6.07) is 5.83. The van der Waals surface area contributed by atoms with Gasteiger partial charge in [-0.1, -0.05) is 12.1 Å². The first-order valence-corrected chi connectivity index (χ1v) is 11.2. The molecular formula is C23H28N4O2S. The predicted molar refractivity (Wildman–Crippen MR) is 122 cm³/mol. The highest BCUT2D eigenvalue weighted by Crippen LogP contribution is 2.33. The molecule has 0 saturated carbocycles. The highest BCUT2D eigenvalue weighted by atomic mass is 32.1. The van der Waals surface area contributed by atoms with E-state index in [2.05, 4.69) is 5.32 Å². The molecule has 0 saturated heterocycles. The van der Waals surface area contributed by atoms with Crippen LogP contribution in [0.2, 0.25) is 0 Å². The molecule has 0 aliphatic heterocycles. The van der Waals surface area contributed by atoms with Gasteiger partial charge in [0.25, 0.3) is 5.56 Å². The first-order valence-electron chi connectivity index (χ1n) is 10.4. The van der Waals surface area contributed by atoms with Crippen molar-refractivity contribution in [3.8, 4) is 0 Å². The third kappa shape index (κ3) is 3.91.